The summed E-state index contributed by atoms with van der Waals surface area (Å²) in [6, 6.07) is 14.0. The minimum absolute atomic E-state index is 0.00214. The highest BCUT2D eigenvalue weighted by molar-refractivity contribution is 5.77. The number of fused-ring (bicyclic) bond motifs is 2. The van der Waals surface area contributed by atoms with Crippen molar-refractivity contribution in [2.24, 2.45) is 0 Å². The van der Waals surface area contributed by atoms with Crippen LogP contribution >= 0.6 is 0 Å². The molecule has 2 aliphatic rings. The van der Waals surface area contributed by atoms with Gasteiger partial charge in [-0.25, -0.2) is 9.59 Å². The van der Waals surface area contributed by atoms with Crippen molar-refractivity contribution in [2.75, 3.05) is 40.0 Å². The molecule has 10 heteroatoms. The van der Waals surface area contributed by atoms with Gasteiger partial charge in [0, 0.05) is 25.1 Å². The molecule has 0 saturated carbocycles. The molecule has 2 aromatic carbocycles. The normalized spacial score (nSPS) is 19.1. The standard InChI is InChI=1S/C27H32N2O8/c1-35-25-6-3-2-5-19(25)17-36-11-4-12-37-21-9-7-18(8-10-21)22-13-20-14-28(26(31)32)15-24(23(22)16-30)29(20)27(33)34/h2-3,5-10,20,24,30H,4,11-17H2,1H3,(H,31,32)(H,33,34)/t20-,24-/m1/s1. The third-order valence-corrected chi connectivity index (χ3v) is 6.80. The summed E-state index contributed by atoms with van der Waals surface area (Å²) in [6.45, 7) is 1.24. The Morgan fingerprint density at radius 3 is 2.43 bits per heavy atom. The molecule has 3 N–H and O–H groups in total. The Balaban J connectivity index is 1.34. The van der Waals surface area contributed by atoms with Gasteiger partial charge in [-0.3, -0.25) is 4.90 Å². The number of carbonyl (C=O) groups is 2. The topological polar surface area (TPSA) is 129 Å². The molecule has 0 aromatic heterocycles. The number of aliphatic hydroxyl groups excluding tert-OH is 1. The second-order valence-corrected chi connectivity index (χ2v) is 9.00. The lowest BCUT2D eigenvalue weighted by Gasteiger charge is -2.49. The van der Waals surface area contributed by atoms with Crippen molar-refractivity contribution in [1.82, 2.24) is 9.80 Å². The van der Waals surface area contributed by atoms with Gasteiger partial charge in [-0.05, 0) is 41.3 Å². The number of ether oxygens (including phenoxy) is 3. The maximum Gasteiger partial charge on any atom is 0.408 e. The number of hydrogen-bond acceptors (Lipinski definition) is 6. The van der Waals surface area contributed by atoms with E-state index in [0.717, 1.165) is 22.4 Å². The maximum atomic E-state index is 11.9. The van der Waals surface area contributed by atoms with E-state index in [1.165, 1.54) is 9.80 Å². The molecule has 2 heterocycles. The summed E-state index contributed by atoms with van der Waals surface area (Å²) in [4.78, 5) is 25.9. The van der Waals surface area contributed by atoms with E-state index >= 15 is 0 Å². The van der Waals surface area contributed by atoms with Gasteiger partial charge in [0.15, 0.2) is 0 Å². The molecule has 1 saturated heterocycles. The summed E-state index contributed by atoms with van der Waals surface area (Å²) in [7, 11) is 1.64. The predicted molar refractivity (Wildman–Crippen MR) is 135 cm³/mol. The fraction of sp³-hybridized carbons (Fsp3) is 0.407. The van der Waals surface area contributed by atoms with Gasteiger partial charge in [0.05, 0.1) is 45.6 Å². The number of carboxylic acid groups (broad SMARTS) is 2. The summed E-state index contributed by atoms with van der Waals surface area (Å²) >= 11 is 0. The second-order valence-electron chi connectivity index (χ2n) is 9.00. The fourth-order valence-electron chi connectivity index (χ4n) is 5.03. The average molecular weight is 513 g/mol. The number of hydrogen-bond donors (Lipinski definition) is 3. The van der Waals surface area contributed by atoms with Gasteiger partial charge >= 0.3 is 12.2 Å². The molecule has 2 aliphatic heterocycles. The van der Waals surface area contributed by atoms with Crippen LogP contribution in [0.15, 0.2) is 54.1 Å². The smallest absolute Gasteiger partial charge is 0.408 e. The number of nitrogens with zero attached hydrogens (tertiary/aromatic N) is 2. The second kappa shape index (κ2) is 12.0. The van der Waals surface area contributed by atoms with Gasteiger partial charge in [-0.15, -0.1) is 0 Å². The molecule has 198 valence electrons. The minimum atomic E-state index is -1.11. The molecule has 1 fully saturated rings. The quantitative estimate of drug-likeness (QED) is 0.413. The van der Waals surface area contributed by atoms with Crippen molar-refractivity contribution in [1.29, 1.82) is 0 Å². The lowest BCUT2D eigenvalue weighted by Crippen LogP contribution is -2.64. The average Bonchev–Trinajstić information content (AvgIpc) is 2.90. The highest BCUT2D eigenvalue weighted by atomic mass is 16.5. The van der Waals surface area contributed by atoms with E-state index in [4.69, 9.17) is 14.2 Å². The largest absolute Gasteiger partial charge is 0.496 e. The van der Waals surface area contributed by atoms with E-state index in [1.807, 2.05) is 48.5 Å². The fourth-order valence-corrected chi connectivity index (χ4v) is 5.03. The first-order chi connectivity index (χ1) is 17.9. The molecule has 10 nitrogen and oxygen atoms in total. The van der Waals surface area contributed by atoms with E-state index in [1.54, 1.807) is 7.11 Å². The number of piperazine rings is 1. The van der Waals surface area contributed by atoms with Crippen LogP contribution in [0.2, 0.25) is 0 Å². The van der Waals surface area contributed by atoms with Crippen LogP contribution in [0.1, 0.15) is 24.0 Å². The van der Waals surface area contributed by atoms with Gasteiger partial charge in [-0.2, -0.15) is 0 Å². The Hall–Kier alpha value is -3.76. The van der Waals surface area contributed by atoms with Crippen molar-refractivity contribution < 1.29 is 39.1 Å². The third kappa shape index (κ3) is 5.98. The van der Waals surface area contributed by atoms with Crippen LogP contribution < -0.4 is 9.47 Å². The molecular weight excluding hydrogens is 480 g/mol. The molecule has 4 rings (SSSR count). The van der Waals surface area contributed by atoms with Crippen LogP contribution in [0.25, 0.3) is 5.57 Å². The molecule has 0 radical (unpaired) electrons. The van der Waals surface area contributed by atoms with Crippen molar-refractivity contribution >= 4 is 17.8 Å². The molecule has 37 heavy (non-hydrogen) atoms. The van der Waals surface area contributed by atoms with Crippen molar-refractivity contribution in [3.63, 3.8) is 0 Å². The van der Waals surface area contributed by atoms with Gasteiger partial charge in [0.1, 0.15) is 11.5 Å². The van der Waals surface area contributed by atoms with Crippen LogP contribution in [-0.4, -0.2) is 89.4 Å². The van der Waals surface area contributed by atoms with Gasteiger partial charge in [0.25, 0.3) is 0 Å². The number of methoxy groups -OCH3 is 1. The van der Waals surface area contributed by atoms with Gasteiger partial charge in [-0.1, -0.05) is 30.3 Å². The Kier molecular flexibility index (Phi) is 8.52. The number of para-hydroxylation sites is 1. The molecule has 2 amide bonds. The number of aliphatic hydroxyl groups is 1. The zero-order chi connectivity index (χ0) is 26.4. The summed E-state index contributed by atoms with van der Waals surface area (Å²) in [5, 5.41) is 29.3. The molecular formula is C27H32N2O8. The summed E-state index contributed by atoms with van der Waals surface area (Å²) in [5.74, 6) is 1.50. The van der Waals surface area contributed by atoms with E-state index in [-0.39, 0.29) is 19.7 Å². The predicted octanol–water partition coefficient (Wildman–Crippen LogP) is 3.54. The molecule has 2 aromatic rings. The number of benzene rings is 2. The molecule has 2 atom stereocenters. The summed E-state index contributed by atoms with van der Waals surface area (Å²) < 4.78 is 16.9. The lowest BCUT2D eigenvalue weighted by atomic mass is 9.82. The van der Waals surface area contributed by atoms with Gasteiger partial charge < -0.3 is 34.4 Å². The van der Waals surface area contributed by atoms with Crippen LogP contribution in [0.3, 0.4) is 0 Å². The first kappa shape index (κ1) is 26.3. The Morgan fingerprint density at radius 2 is 1.76 bits per heavy atom. The van der Waals surface area contributed by atoms with E-state index in [0.29, 0.717) is 44.0 Å². The molecule has 0 aliphatic carbocycles. The van der Waals surface area contributed by atoms with Crippen LogP contribution in [-0.2, 0) is 11.3 Å². The first-order valence-electron chi connectivity index (χ1n) is 12.2. The molecule has 0 unspecified atom stereocenters. The Bertz CT molecular complexity index is 1130. The molecule has 0 spiro atoms. The van der Waals surface area contributed by atoms with E-state index in [9.17, 15) is 24.9 Å². The Morgan fingerprint density at radius 1 is 1.00 bits per heavy atom. The zero-order valence-corrected chi connectivity index (χ0v) is 20.7. The van der Waals surface area contributed by atoms with E-state index < -0.39 is 24.3 Å². The SMILES string of the molecule is COc1ccccc1COCCCOc1ccc(C2=C(CO)[C@H]3CN(C(=O)O)C[C@@H](C2)N3C(=O)O)cc1. The van der Waals surface area contributed by atoms with Crippen LogP contribution in [0, 0.1) is 0 Å². The van der Waals surface area contributed by atoms with Gasteiger partial charge in [0.2, 0.25) is 0 Å². The molecule has 2 bridgehead atoms. The van der Waals surface area contributed by atoms with Crippen molar-refractivity contribution in [2.45, 2.75) is 31.5 Å². The van der Waals surface area contributed by atoms with E-state index in [2.05, 4.69) is 0 Å². The van der Waals surface area contributed by atoms with Crippen LogP contribution in [0.5, 0.6) is 11.5 Å². The third-order valence-electron chi connectivity index (χ3n) is 6.80. The number of amides is 2. The highest BCUT2D eigenvalue weighted by Gasteiger charge is 2.45. The zero-order valence-electron chi connectivity index (χ0n) is 20.7. The Labute approximate surface area is 215 Å². The number of rotatable bonds is 10. The van der Waals surface area contributed by atoms with Crippen LogP contribution in [0.4, 0.5) is 9.59 Å². The van der Waals surface area contributed by atoms with Crippen molar-refractivity contribution in [3.05, 3.63) is 65.2 Å². The van der Waals surface area contributed by atoms with Crippen molar-refractivity contribution in [3.8, 4) is 11.5 Å². The summed E-state index contributed by atoms with van der Waals surface area (Å²) in [5.41, 5.74) is 3.24. The minimum Gasteiger partial charge on any atom is -0.496 e. The maximum absolute atomic E-state index is 11.9. The highest BCUT2D eigenvalue weighted by Crippen LogP contribution is 2.38. The monoisotopic (exact) mass is 512 g/mol. The lowest BCUT2D eigenvalue weighted by molar-refractivity contribution is 0.0343. The first-order valence-corrected chi connectivity index (χ1v) is 12.2. The summed E-state index contributed by atoms with van der Waals surface area (Å²) in [6.07, 6.45) is -1.16.